The maximum absolute atomic E-state index is 12.2. The Hall–Kier alpha value is -2.28. The predicted molar refractivity (Wildman–Crippen MR) is 133 cm³/mol. The number of nitrogens with one attached hydrogen (secondary N) is 1. The first-order valence-electron chi connectivity index (χ1n) is 11.8. The van der Waals surface area contributed by atoms with Crippen molar-refractivity contribution in [3.05, 3.63) is 59.7 Å². The minimum atomic E-state index is 0. The molecule has 6 nitrogen and oxygen atoms in total. The van der Waals surface area contributed by atoms with Crippen LogP contribution in [-0.2, 0) is 17.9 Å². The van der Waals surface area contributed by atoms with Crippen LogP contribution in [0.2, 0.25) is 0 Å². The highest BCUT2D eigenvalue weighted by atomic mass is 35.5. The van der Waals surface area contributed by atoms with Crippen LogP contribution < -0.4 is 14.8 Å². The third-order valence-electron chi connectivity index (χ3n) is 6.47. The van der Waals surface area contributed by atoms with E-state index in [1.165, 1.54) is 5.56 Å². The summed E-state index contributed by atoms with van der Waals surface area (Å²) in [5.74, 6) is 1.35. The molecular weight excluding hydrogens is 438 g/mol. The molecule has 1 N–H and O–H groups in total. The molecule has 1 amide bonds. The van der Waals surface area contributed by atoms with E-state index in [-0.39, 0.29) is 24.9 Å². The molecular formula is C26H36ClN3O3. The topological polar surface area (TPSA) is 54.0 Å². The van der Waals surface area contributed by atoms with Gasteiger partial charge in [-0.15, -0.1) is 12.4 Å². The van der Waals surface area contributed by atoms with Crippen molar-refractivity contribution in [1.82, 2.24) is 15.1 Å². The average molecular weight is 474 g/mol. The number of hydrogen-bond acceptors (Lipinski definition) is 5. The maximum Gasteiger partial charge on any atom is 0.260 e. The Balaban J connectivity index is 0.00000306. The second kappa shape index (κ2) is 12.8. The number of carbonyl (C=O) groups is 1. The number of methoxy groups -OCH3 is 1. The zero-order chi connectivity index (χ0) is 22.2. The lowest BCUT2D eigenvalue weighted by Crippen LogP contribution is -2.41. The molecule has 0 atom stereocenters. The molecule has 0 unspecified atom stereocenters. The Morgan fingerprint density at radius 2 is 1.70 bits per heavy atom. The summed E-state index contributed by atoms with van der Waals surface area (Å²) in [4.78, 5) is 16.6. The molecule has 2 aromatic carbocycles. The first-order chi connectivity index (χ1) is 15.7. The smallest absolute Gasteiger partial charge is 0.260 e. The fourth-order valence-electron chi connectivity index (χ4n) is 4.54. The molecule has 2 aromatic rings. The lowest BCUT2D eigenvalue weighted by atomic mass is 10.0. The van der Waals surface area contributed by atoms with E-state index in [4.69, 9.17) is 9.47 Å². The van der Waals surface area contributed by atoms with Crippen LogP contribution in [0.15, 0.2) is 48.5 Å². The van der Waals surface area contributed by atoms with E-state index in [1.807, 2.05) is 17.0 Å². The van der Waals surface area contributed by atoms with E-state index in [1.54, 1.807) is 7.11 Å². The van der Waals surface area contributed by atoms with Gasteiger partial charge in [-0.25, -0.2) is 0 Å². The predicted octanol–water partition coefficient (Wildman–Crippen LogP) is 3.87. The quantitative estimate of drug-likeness (QED) is 0.599. The SMILES string of the molecule is COc1cc(CNC2CCN(Cc3ccccc3)CC2)ccc1OCC(=O)N1CCCC1.Cl. The van der Waals surface area contributed by atoms with Gasteiger partial charge in [0, 0.05) is 32.2 Å². The summed E-state index contributed by atoms with van der Waals surface area (Å²) in [5.41, 5.74) is 2.54. The number of amides is 1. The Labute approximate surface area is 203 Å². The second-order valence-electron chi connectivity index (χ2n) is 8.78. The molecule has 0 aromatic heterocycles. The van der Waals surface area contributed by atoms with E-state index < -0.39 is 0 Å². The maximum atomic E-state index is 12.2. The van der Waals surface area contributed by atoms with Crippen molar-refractivity contribution in [2.24, 2.45) is 0 Å². The Morgan fingerprint density at radius 1 is 0.970 bits per heavy atom. The monoisotopic (exact) mass is 473 g/mol. The molecule has 7 heteroatoms. The van der Waals surface area contributed by atoms with Gasteiger partial charge in [-0.1, -0.05) is 36.4 Å². The Kier molecular flexibility index (Phi) is 9.85. The molecule has 0 aliphatic carbocycles. The summed E-state index contributed by atoms with van der Waals surface area (Å²) in [6.45, 7) is 5.82. The van der Waals surface area contributed by atoms with Crippen LogP contribution >= 0.6 is 12.4 Å². The molecule has 0 bridgehead atoms. The van der Waals surface area contributed by atoms with Gasteiger partial charge >= 0.3 is 0 Å². The van der Waals surface area contributed by atoms with Gasteiger partial charge in [0.1, 0.15) is 0 Å². The van der Waals surface area contributed by atoms with Crippen LogP contribution in [0.25, 0.3) is 0 Å². The Bertz CT molecular complexity index is 866. The zero-order valence-electron chi connectivity index (χ0n) is 19.5. The molecule has 2 aliphatic rings. The van der Waals surface area contributed by atoms with Gasteiger partial charge in [0.15, 0.2) is 18.1 Å². The van der Waals surface area contributed by atoms with Crippen LogP contribution in [0.3, 0.4) is 0 Å². The molecule has 4 rings (SSSR count). The Morgan fingerprint density at radius 3 is 2.39 bits per heavy atom. The van der Waals surface area contributed by atoms with Gasteiger partial charge < -0.3 is 19.7 Å². The van der Waals surface area contributed by atoms with E-state index in [0.29, 0.717) is 17.5 Å². The lowest BCUT2D eigenvalue weighted by Gasteiger charge is -2.32. The van der Waals surface area contributed by atoms with Crippen LogP contribution in [0.4, 0.5) is 0 Å². The van der Waals surface area contributed by atoms with Gasteiger partial charge in [0.2, 0.25) is 0 Å². The number of piperidine rings is 1. The number of carbonyl (C=O) groups excluding carboxylic acids is 1. The van der Waals surface area contributed by atoms with E-state index in [9.17, 15) is 4.79 Å². The lowest BCUT2D eigenvalue weighted by molar-refractivity contribution is -0.132. The van der Waals surface area contributed by atoms with Crippen molar-refractivity contribution >= 4 is 18.3 Å². The molecule has 0 saturated carbocycles. The van der Waals surface area contributed by atoms with E-state index in [0.717, 1.165) is 70.5 Å². The molecule has 0 radical (unpaired) electrons. The molecule has 2 saturated heterocycles. The normalized spacial score (nSPS) is 16.9. The standard InChI is InChI=1S/C26H35N3O3.ClH/c1-31-25-17-22(9-10-24(25)32-20-26(30)29-13-5-6-14-29)18-27-23-11-15-28(16-12-23)19-21-7-3-2-4-8-21;/h2-4,7-10,17,23,27H,5-6,11-16,18-20H2,1H3;1H. The highest BCUT2D eigenvalue weighted by Gasteiger charge is 2.20. The minimum absolute atomic E-state index is 0. The molecule has 2 heterocycles. The first kappa shape index (κ1) is 25.3. The summed E-state index contributed by atoms with van der Waals surface area (Å²) in [5, 5.41) is 3.70. The highest BCUT2D eigenvalue weighted by Crippen LogP contribution is 2.28. The number of rotatable bonds is 9. The number of halogens is 1. The summed E-state index contributed by atoms with van der Waals surface area (Å²) < 4.78 is 11.3. The second-order valence-corrected chi connectivity index (χ2v) is 8.78. The molecule has 2 aliphatic heterocycles. The summed E-state index contributed by atoms with van der Waals surface area (Å²) in [7, 11) is 1.64. The minimum Gasteiger partial charge on any atom is -0.493 e. The first-order valence-corrected chi connectivity index (χ1v) is 11.8. The van der Waals surface area contributed by atoms with Gasteiger partial charge in [0.05, 0.1) is 7.11 Å². The fraction of sp³-hybridized carbons (Fsp3) is 0.500. The van der Waals surface area contributed by atoms with Gasteiger partial charge in [-0.05, 0) is 62.0 Å². The van der Waals surface area contributed by atoms with Crippen molar-refractivity contribution in [3.8, 4) is 11.5 Å². The third-order valence-corrected chi connectivity index (χ3v) is 6.47. The number of nitrogens with zero attached hydrogens (tertiary/aromatic N) is 2. The van der Waals surface area contributed by atoms with Crippen LogP contribution in [0.1, 0.15) is 36.8 Å². The van der Waals surface area contributed by atoms with Crippen molar-refractivity contribution < 1.29 is 14.3 Å². The fourth-order valence-corrected chi connectivity index (χ4v) is 4.54. The van der Waals surface area contributed by atoms with Crippen LogP contribution in [0.5, 0.6) is 11.5 Å². The summed E-state index contributed by atoms with van der Waals surface area (Å²) >= 11 is 0. The largest absolute Gasteiger partial charge is 0.493 e. The van der Waals surface area contributed by atoms with Crippen molar-refractivity contribution in [3.63, 3.8) is 0 Å². The molecule has 0 spiro atoms. The number of benzene rings is 2. The molecule has 33 heavy (non-hydrogen) atoms. The van der Waals surface area contributed by atoms with Gasteiger partial charge in [-0.2, -0.15) is 0 Å². The number of ether oxygens (including phenoxy) is 2. The zero-order valence-corrected chi connectivity index (χ0v) is 20.3. The highest BCUT2D eigenvalue weighted by molar-refractivity contribution is 5.85. The van der Waals surface area contributed by atoms with Crippen molar-refractivity contribution in [2.45, 2.75) is 44.8 Å². The van der Waals surface area contributed by atoms with Crippen molar-refractivity contribution in [2.75, 3.05) is 39.9 Å². The van der Waals surface area contributed by atoms with E-state index in [2.05, 4.69) is 46.6 Å². The number of hydrogen-bond donors (Lipinski definition) is 1. The third kappa shape index (κ3) is 7.36. The van der Waals surface area contributed by atoms with Gasteiger partial charge in [-0.3, -0.25) is 9.69 Å². The van der Waals surface area contributed by atoms with Crippen LogP contribution in [0, 0.1) is 0 Å². The number of likely N-dealkylation sites (tertiary alicyclic amines) is 2. The average Bonchev–Trinajstić information content (AvgIpc) is 3.38. The van der Waals surface area contributed by atoms with Gasteiger partial charge in [0.25, 0.3) is 5.91 Å². The summed E-state index contributed by atoms with van der Waals surface area (Å²) in [6.07, 6.45) is 4.49. The van der Waals surface area contributed by atoms with E-state index >= 15 is 0 Å². The van der Waals surface area contributed by atoms with Crippen LogP contribution in [-0.4, -0.2) is 61.6 Å². The van der Waals surface area contributed by atoms with Crippen molar-refractivity contribution in [1.29, 1.82) is 0 Å². The molecule has 180 valence electrons. The summed E-state index contributed by atoms with van der Waals surface area (Å²) in [6, 6.07) is 17.2. The molecule has 2 fully saturated rings.